The van der Waals surface area contributed by atoms with Crippen molar-refractivity contribution in [1.29, 1.82) is 0 Å². The molecule has 0 saturated heterocycles. The molecule has 0 atom stereocenters. The standard InChI is InChI=1S/C9H12N4O3S/c1-13-6-11-8(10)9(13)17(14,15)12-4-7-2-3-16-5-7/h2-3,5-6,12H,4,10H2,1H3. The molecule has 0 unspecified atom stereocenters. The SMILES string of the molecule is Cn1cnc(N)c1S(=O)(=O)NCc1ccoc1. The number of rotatable bonds is 4. The Labute approximate surface area is 98.3 Å². The van der Waals surface area contributed by atoms with Gasteiger partial charge >= 0.3 is 0 Å². The average Bonchev–Trinajstić information content (AvgIpc) is 2.86. The van der Waals surface area contributed by atoms with Crippen molar-refractivity contribution in [3.05, 3.63) is 30.5 Å². The van der Waals surface area contributed by atoms with E-state index >= 15 is 0 Å². The molecule has 0 bridgehead atoms. The molecule has 2 heterocycles. The van der Waals surface area contributed by atoms with Crippen molar-refractivity contribution in [2.45, 2.75) is 11.6 Å². The maximum Gasteiger partial charge on any atom is 0.260 e. The van der Waals surface area contributed by atoms with Crippen LogP contribution in [0.5, 0.6) is 0 Å². The first-order valence-corrected chi connectivity index (χ1v) is 6.26. The predicted molar refractivity (Wildman–Crippen MR) is 60.4 cm³/mol. The molecule has 0 amide bonds. The van der Waals surface area contributed by atoms with Crippen molar-refractivity contribution in [2.24, 2.45) is 7.05 Å². The number of aryl methyl sites for hydroxylation is 1. The van der Waals surface area contributed by atoms with Gasteiger partial charge in [0.25, 0.3) is 10.0 Å². The maximum atomic E-state index is 11.9. The van der Waals surface area contributed by atoms with Crippen LogP contribution in [-0.2, 0) is 23.6 Å². The second-order valence-electron chi connectivity index (χ2n) is 3.50. The van der Waals surface area contributed by atoms with Gasteiger partial charge in [0.1, 0.15) is 0 Å². The van der Waals surface area contributed by atoms with Crippen molar-refractivity contribution in [2.75, 3.05) is 5.73 Å². The molecule has 8 heteroatoms. The molecular formula is C9H12N4O3S. The van der Waals surface area contributed by atoms with Crippen molar-refractivity contribution in [3.63, 3.8) is 0 Å². The molecule has 0 spiro atoms. The van der Waals surface area contributed by atoms with Gasteiger partial charge in [-0.3, -0.25) is 0 Å². The van der Waals surface area contributed by atoms with Gasteiger partial charge in [0.05, 0.1) is 18.9 Å². The van der Waals surface area contributed by atoms with Gasteiger partial charge in [-0.25, -0.2) is 18.1 Å². The number of nitrogens with two attached hydrogens (primary N) is 1. The summed E-state index contributed by atoms with van der Waals surface area (Å²) in [4.78, 5) is 3.73. The molecular weight excluding hydrogens is 244 g/mol. The second kappa shape index (κ2) is 4.22. The average molecular weight is 256 g/mol. The highest BCUT2D eigenvalue weighted by molar-refractivity contribution is 7.89. The van der Waals surface area contributed by atoms with Crippen LogP contribution in [0.2, 0.25) is 0 Å². The highest BCUT2D eigenvalue weighted by atomic mass is 32.2. The highest BCUT2D eigenvalue weighted by Crippen LogP contribution is 2.15. The van der Waals surface area contributed by atoms with Gasteiger partial charge in [0, 0.05) is 19.2 Å². The summed E-state index contributed by atoms with van der Waals surface area (Å²) in [6, 6.07) is 1.68. The smallest absolute Gasteiger partial charge is 0.260 e. The predicted octanol–water partition coefficient (Wildman–Crippen LogP) is 0.0738. The third-order valence-corrected chi connectivity index (χ3v) is 3.74. The van der Waals surface area contributed by atoms with E-state index in [2.05, 4.69) is 9.71 Å². The van der Waals surface area contributed by atoms with E-state index in [9.17, 15) is 8.42 Å². The zero-order valence-electron chi connectivity index (χ0n) is 9.12. The quantitative estimate of drug-likeness (QED) is 0.806. The molecule has 2 rings (SSSR count). The summed E-state index contributed by atoms with van der Waals surface area (Å²) >= 11 is 0. The van der Waals surface area contributed by atoms with Crippen LogP contribution in [0, 0.1) is 0 Å². The molecule has 0 aromatic carbocycles. The molecule has 0 saturated carbocycles. The number of nitrogens with one attached hydrogen (secondary N) is 1. The zero-order chi connectivity index (χ0) is 12.5. The summed E-state index contributed by atoms with van der Waals surface area (Å²) < 4.78 is 32.5. The van der Waals surface area contributed by atoms with Gasteiger partial charge in [-0.2, -0.15) is 0 Å². The van der Waals surface area contributed by atoms with Crippen LogP contribution < -0.4 is 10.5 Å². The Morgan fingerprint density at radius 3 is 2.88 bits per heavy atom. The number of sulfonamides is 1. The Morgan fingerprint density at radius 2 is 2.35 bits per heavy atom. The van der Waals surface area contributed by atoms with Crippen LogP contribution in [0.25, 0.3) is 0 Å². The van der Waals surface area contributed by atoms with Crippen LogP contribution in [0.4, 0.5) is 5.82 Å². The number of aromatic nitrogens is 2. The Kier molecular flexibility index (Phi) is 2.90. The number of imidazole rings is 1. The van der Waals surface area contributed by atoms with E-state index in [1.807, 2.05) is 0 Å². The van der Waals surface area contributed by atoms with Gasteiger partial charge < -0.3 is 14.7 Å². The Bertz CT molecular complexity index is 581. The van der Waals surface area contributed by atoms with E-state index in [1.54, 1.807) is 13.1 Å². The van der Waals surface area contributed by atoms with Gasteiger partial charge in [-0.15, -0.1) is 0 Å². The van der Waals surface area contributed by atoms with Crippen molar-refractivity contribution >= 4 is 15.8 Å². The first-order valence-electron chi connectivity index (χ1n) is 4.78. The molecule has 3 N–H and O–H groups in total. The van der Waals surface area contributed by atoms with E-state index in [0.29, 0.717) is 0 Å². The summed E-state index contributed by atoms with van der Waals surface area (Å²) in [5, 5.41) is -0.0407. The van der Waals surface area contributed by atoms with Gasteiger partial charge in [-0.1, -0.05) is 0 Å². The third kappa shape index (κ3) is 2.32. The number of hydrogen-bond acceptors (Lipinski definition) is 5. The van der Waals surface area contributed by atoms with Crippen LogP contribution in [0.15, 0.2) is 34.4 Å². The summed E-state index contributed by atoms with van der Waals surface area (Å²) in [7, 11) is -2.11. The van der Waals surface area contributed by atoms with E-state index in [-0.39, 0.29) is 17.4 Å². The van der Waals surface area contributed by atoms with E-state index < -0.39 is 10.0 Å². The molecule has 2 aromatic heterocycles. The van der Waals surface area contributed by atoms with Gasteiger partial charge in [-0.05, 0) is 6.07 Å². The first kappa shape index (κ1) is 11.7. The Hall–Kier alpha value is -1.80. The maximum absolute atomic E-state index is 11.9. The summed E-state index contributed by atoms with van der Waals surface area (Å²) in [5.74, 6) is -0.0211. The number of nitrogens with zero attached hydrogens (tertiary/aromatic N) is 2. The van der Waals surface area contributed by atoms with Gasteiger partial charge in [0.2, 0.25) is 0 Å². The van der Waals surface area contributed by atoms with Crippen LogP contribution in [-0.4, -0.2) is 18.0 Å². The third-order valence-electron chi connectivity index (χ3n) is 2.21. The van der Waals surface area contributed by atoms with E-state index in [0.717, 1.165) is 5.56 Å². The Morgan fingerprint density at radius 1 is 1.59 bits per heavy atom. The fraction of sp³-hybridized carbons (Fsp3) is 0.222. The minimum absolute atomic E-state index is 0.0211. The lowest BCUT2D eigenvalue weighted by Gasteiger charge is -2.06. The summed E-state index contributed by atoms with van der Waals surface area (Å²) in [6.45, 7) is 0.142. The fourth-order valence-electron chi connectivity index (χ4n) is 1.40. The zero-order valence-corrected chi connectivity index (χ0v) is 9.94. The second-order valence-corrected chi connectivity index (χ2v) is 5.18. The van der Waals surface area contributed by atoms with Gasteiger partial charge in [0.15, 0.2) is 10.8 Å². The molecule has 7 nitrogen and oxygen atoms in total. The number of hydrogen-bond donors (Lipinski definition) is 2. The molecule has 0 aliphatic heterocycles. The summed E-state index contributed by atoms with van der Waals surface area (Å²) in [5.41, 5.74) is 6.24. The van der Waals surface area contributed by atoms with E-state index in [1.165, 1.54) is 23.4 Å². The minimum Gasteiger partial charge on any atom is -0.472 e. The molecule has 0 fully saturated rings. The van der Waals surface area contributed by atoms with Crippen LogP contribution in [0.3, 0.4) is 0 Å². The van der Waals surface area contributed by atoms with Crippen molar-refractivity contribution < 1.29 is 12.8 Å². The Balaban J connectivity index is 2.20. The number of nitrogen functional groups attached to an aromatic ring is 1. The van der Waals surface area contributed by atoms with Crippen LogP contribution >= 0.6 is 0 Å². The molecule has 92 valence electrons. The highest BCUT2D eigenvalue weighted by Gasteiger charge is 2.21. The normalized spacial score (nSPS) is 11.8. The lowest BCUT2D eigenvalue weighted by molar-refractivity contribution is 0.559. The molecule has 0 aliphatic rings. The summed E-state index contributed by atoms with van der Waals surface area (Å²) in [6.07, 6.45) is 4.29. The monoisotopic (exact) mass is 256 g/mol. The topological polar surface area (TPSA) is 103 Å². The van der Waals surface area contributed by atoms with Crippen molar-refractivity contribution in [1.82, 2.24) is 14.3 Å². The molecule has 0 aliphatic carbocycles. The molecule has 17 heavy (non-hydrogen) atoms. The minimum atomic E-state index is -3.67. The van der Waals surface area contributed by atoms with Crippen LogP contribution in [0.1, 0.15) is 5.56 Å². The van der Waals surface area contributed by atoms with Crippen molar-refractivity contribution in [3.8, 4) is 0 Å². The molecule has 0 radical (unpaired) electrons. The molecule has 2 aromatic rings. The fourth-order valence-corrected chi connectivity index (χ4v) is 2.65. The number of furan rings is 1. The lowest BCUT2D eigenvalue weighted by Crippen LogP contribution is -2.25. The first-order chi connectivity index (χ1) is 8.00. The van der Waals surface area contributed by atoms with E-state index in [4.69, 9.17) is 10.2 Å². The lowest BCUT2D eigenvalue weighted by atomic mass is 10.4. The number of anilines is 1. The largest absolute Gasteiger partial charge is 0.472 e.